The van der Waals surface area contributed by atoms with E-state index in [4.69, 9.17) is 0 Å². The fourth-order valence-corrected chi connectivity index (χ4v) is 8.17. The highest BCUT2D eigenvalue weighted by atomic mass is 16.2. The molecule has 2 amide bonds. The van der Waals surface area contributed by atoms with Crippen molar-refractivity contribution in [2.45, 2.75) is 151 Å². The van der Waals surface area contributed by atoms with Crippen LogP contribution in [0.1, 0.15) is 104 Å². The highest BCUT2D eigenvalue weighted by molar-refractivity contribution is 5.86. The molecule has 0 saturated carbocycles. The summed E-state index contributed by atoms with van der Waals surface area (Å²) in [6.45, 7) is 43.5. The van der Waals surface area contributed by atoms with Crippen molar-refractivity contribution in [3.63, 3.8) is 0 Å². The smallest absolute Gasteiger partial charge is 0.242 e. The van der Waals surface area contributed by atoms with E-state index >= 15 is 0 Å². The number of hydrogen-bond donors (Lipinski definition) is 0. The molecule has 0 spiro atoms. The van der Waals surface area contributed by atoms with Crippen LogP contribution in [0.15, 0.2) is 0 Å². The van der Waals surface area contributed by atoms with E-state index in [9.17, 15) is 9.59 Å². The Bertz CT molecular complexity index is 1000. The zero-order valence-electron chi connectivity index (χ0n) is 35.9. The number of rotatable bonds is 4. The van der Waals surface area contributed by atoms with Crippen LogP contribution in [0.5, 0.6) is 0 Å². The molecule has 4 heterocycles. The van der Waals surface area contributed by atoms with Crippen LogP contribution < -0.4 is 0 Å². The van der Waals surface area contributed by atoms with Gasteiger partial charge in [-0.15, -0.1) is 0 Å². The van der Waals surface area contributed by atoms with E-state index in [2.05, 4.69) is 134 Å². The highest BCUT2D eigenvalue weighted by Crippen LogP contribution is 2.25. The van der Waals surface area contributed by atoms with Crippen LogP contribution in [0.2, 0.25) is 0 Å². The third-order valence-electron chi connectivity index (χ3n) is 11.1. The molecule has 4 fully saturated rings. The Morgan fingerprint density at radius 3 is 1.51 bits per heavy atom. The van der Waals surface area contributed by atoms with E-state index in [-0.39, 0.29) is 22.9 Å². The molecular formula is C39H82N8O2. The maximum absolute atomic E-state index is 11.8. The second-order valence-corrected chi connectivity index (χ2v) is 18.1. The topological polar surface area (TPSA) is 60.1 Å². The molecule has 4 aliphatic heterocycles. The van der Waals surface area contributed by atoms with Crippen LogP contribution in [0.3, 0.4) is 0 Å². The SMILES string of the molecule is CC(C)N1CC(=O)N(C)CC1(C)C.CC(C)N1CCN(C)C(=O)C1(C)C.CC(C)N1CCN(C)CC1(C)C.CC(C)N1CCN(C)[C@@H](C)C1. The van der Waals surface area contributed by atoms with Crippen molar-refractivity contribution in [3.05, 3.63) is 0 Å². The minimum Gasteiger partial charge on any atom is -0.343 e. The van der Waals surface area contributed by atoms with Gasteiger partial charge in [0, 0.05) is 114 Å². The molecule has 0 aromatic heterocycles. The minimum atomic E-state index is -0.332. The molecule has 0 bridgehead atoms. The van der Waals surface area contributed by atoms with Gasteiger partial charge >= 0.3 is 0 Å². The molecule has 0 aromatic rings. The number of carbonyl (C=O) groups is 2. The number of amides is 2. The maximum Gasteiger partial charge on any atom is 0.242 e. The summed E-state index contributed by atoms with van der Waals surface area (Å²) in [5.41, 5.74) is 0.124. The van der Waals surface area contributed by atoms with Crippen LogP contribution in [-0.4, -0.2) is 191 Å². The molecule has 0 N–H and O–H groups in total. The zero-order chi connectivity index (χ0) is 38.2. The lowest BCUT2D eigenvalue weighted by Gasteiger charge is -2.48. The summed E-state index contributed by atoms with van der Waals surface area (Å²) in [5.74, 6) is 0.459. The molecule has 4 saturated heterocycles. The molecule has 290 valence electrons. The molecule has 0 unspecified atom stereocenters. The van der Waals surface area contributed by atoms with Crippen molar-refractivity contribution in [1.82, 2.24) is 39.2 Å². The molecule has 4 aliphatic rings. The van der Waals surface area contributed by atoms with Crippen LogP contribution >= 0.6 is 0 Å². The summed E-state index contributed by atoms with van der Waals surface area (Å²) in [4.78, 5) is 41.5. The van der Waals surface area contributed by atoms with Crippen LogP contribution in [0.4, 0.5) is 0 Å². The summed E-state index contributed by atoms with van der Waals surface area (Å²) < 4.78 is 0. The lowest BCUT2D eigenvalue weighted by Crippen LogP contribution is -2.63. The maximum atomic E-state index is 11.8. The van der Waals surface area contributed by atoms with E-state index in [1.54, 1.807) is 0 Å². The number of likely N-dealkylation sites (N-methyl/N-ethyl adjacent to an activating group) is 4. The van der Waals surface area contributed by atoms with Gasteiger partial charge in [0.15, 0.2) is 0 Å². The van der Waals surface area contributed by atoms with Crippen molar-refractivity contribution < 1.29 is 9.59 Å². The van der Waals surface area contributed by atoms with Gasteiger partial charge in [0.05, 0.1) is 12.1 Å². The number of nitrogens with zero attached hydrogens (tertiary/aromatic N) is 8. The predicted molar refractivity (Wildman–Crippen MR) is 209 cm³/mol. The van der Waals surface area contributed by atoms with Crippen molar-refractivity contribution in [2.24, 2.45) is 0 Å². The summed E-state index contributed by atoms with van der Waals surface area (Å²) in [6, 6.07) is 2.99. The first kappa shape index (κ1) is 45.7. The summed E-state index contributed by atoms with van der Waals surface area (Å²) >= 11 is 0. The summed E-state index contributed by atoms with van der Waals surface area (Å²) in [6.07, 6.45) is 0. The quantitative estimate of drug-likeness (QED) is 0.431. The average Bonchev–Trinajstić information content (AvgIpc) is 2.94. The molecule has 1 atom stereocenters. The third kappa shape index (κ3) is 13.3. The average molecular weight is 695 g/mol. The first-order valence-corrected chi connectivity index (χ1v) is 19.2. The van der Waals surface area contributed by atoms with Gasteiger partial charge < -0.3 is 19.6 Å². The minimum absolute atomic E-state index is 0.108. The normalized spacial score (nSPS) is 26.0. The van der Waals surface area contributed by atoms with Crippen LogP contribution in [-0.2, 0) is 9.59 Å². The van der Waals surface area contributed by atoms with Crippen LogP contribution in [0, 0.1) is 0 Å². The first-order valence-electron chi connectivity index (χ1n) is 19.2. The second kappa shape index (κ2) is 19.0. The van der Waals surface area contributed by atoms with E-state index in [0.717, 1.165) is 25.7 Å². The number of piperazine rings is 4. The Morgan fingerprint density at radius 2 is 1.06 bits per heavy atom. The van der Waals surface area contributed by atoms with Gasteiger partial charge in [-0.2, -0.15) is 0 Å². The fourth-order valence-electron chi connectivity index (χ4n) is 8.17. The molecule has 0 aliphatic carbocycles. The third-order valence-corrected chi connectivity index (χ3v) is 11.1. The second-order valence-electron chi connectivity index (χ2n) is 18.1. The van der Waals surface area contributed by atoms with Crippen LogP contribution in [0.25, 0.3) is 0 Å². The zero-order valence-corrected chi connectivity index (χ0v) is 35.9. The van der Waals surface area contributed by atoms with Gasteiger partial charge in [-0.25, -0.2) is 0 Å². The van der Waals surface area contributed by atoms with Crippen molar-refractivity contribution in [1.29, 1.82) is 0 Å². The lowest BCUT2D eigenvalue weighted by atomic mass is 9.96. The van der Waals surface area contributed by atoms with Gasteiger partial charge in [0.2, 0.25) is 11.8 Å². The van der Waals surface area contributed by atoms with Crippen molar-refractivity contribution in [3.8, 4) is 0 Å². The standard InChI is InChI=1S/2C10H20N2O.C10H22N2.C9H20N2/c1-8(2)12-6-9(13)11(5)7-10(12,3)4;1-8(2)12-7-6-11(5)9(13)10(12,3)4;1-9(2)12-7-6-11(5)8-10(12,3)4;1-8(2)11-6-5-10(4)9(3)7-11/h2*8H,6-7H2,1-5H3;9H,6-8H2,1-5H3;8-9H,5-7H2,1-4H3/t;;;9-/m...0/s1. The van der Waals surface area contributed by atoms with Gasteiger partial charge in [0.25, 0.3) is 0 Å². The molecule has 0 radical (unpaired) electrons. The molecule has 0 aromatic carbocycles. The molecular weight excluding hydrogens is 612 g/mol. The largest absolute Gasteiger partial charge is 0.343 e. The molecule has 10 nitrogen and oxygen atoms in total. The van der Waals surface area contributed by atoms with E-state index in [1.165, 1.54) is 39.3 Å². The Kier molecular flexibility index (Phi) is 17.7. The molecule has 49 heavy (non-hydrogen) atoms. The van der Waals surface area contributed by atoms with Gasteiger partial charge in [-0.3, -0.25) is 29.2 Å². The summed E-state index contributed by atoms with van der Waals surface area (Å²) in [5, 5.41) is 0. The number of carbonyl (C=O) groups excluding carboxylic acids is 2. The predicted octanol–water partition coefficient (Wildman–Crippen LogP) is 4.35. The lowest BCUT2D eigenvalue weighted by molar-refractivity contribution is -0.148. The Hall–Kier alpha value is -1.30. The fraction of sp³-hybridized carbons (Fsp3) is 0.949. The van der Waals surface area contributed by atoms with E-state index < -0.39 is 0 Å². The van der Waals surface area contributed by atoms with Gasteiger partial charge in [-0.05, 0) is 118 Å². The molecule has 10 heteroatoms. The van der Waals surface area contributed by atoms with Gasteiger partial charge in [0.1, 0.15) is 0 Å². The van der Waals surface area contributed by atoms with E-state index in [1.807, 2.05) is 37.7 Å². The molecule has 4 rings (SSSR count). The number of hydrogen-bond acceptors (Lipinski definition) is 8. The Labute approximate surface area is 304 Å². The Balaban J connectivity index is 0.000000327. The van der Waals surface area contributed by atoms with Gasteiger partial charge in [-0.1, -0.05) is 0 Å². The van der Waals surface area contributed by atoms with E-state index in [0.29, 0.717) is 36.3 Å². The van der Waals surface area contributed by atoms with Crippen molar-refractivity contribution >= 4 is 11.8 Å². The Morgan fingerprint density at radius 1 is 0.571 bits per heavy atom. The van der Waals surface area contributed by atoms with Crippen molar-refractivity contribution in [2.75, 3.05) is 93.6 Å². The monoisotopic (exact) mass is 695 g/mol. The summed E-state index contributed by atoms with van der Waals surface area (Å²) in [7, 11) is 8.17. The first-order chi connectivity index (χ1) is 22.3. The highest BCUT2D eigenvalue weighted by Gasteiger charge is 2.41.